The first-order chi connectivity index (χ1) is 11.0. The number of pyridine rings is 1. The highest BCUT2D eigenvalue weighted by Gasteiger charge is 2.17. The lowest BCUT2D eigenvalue weighted by atomic mass is 10.1. The Morgan fingerprint density at radius 2 is 1.91 bits per heavy atom. The van der Waals surface area contributed by atoms with Crippen molar-refractivity contribution in [2.45, 2.75) is 6.54 Å². The molecular formula is C14H11BF2N2O4. The minimum Gasteiger partial charge on any atom is -0.512 e. The summed E-state index contributed by atoms with van der Waals surface area (Å²) in [5.74, 6) is -2.13. The molecule has 0 amide bonds. The molecule has 0 aliphatic carbocycles. The van der Waals surface area contributed by atoms with Gasteiger partial charge in [0, 0.05) is 30.1 Å². The largest absolute Gasteiger partial charge is 0.707 e. The van der Waals surface area contributed by atoms with Crippen LogP contribution in [0.15, 0.2) is 41.5 Å². The molecule has 0 atom stereocenters. The molecule has 0 spiro atoms. The van der Waals surface area contributed by atoms with Crippen LogP contribution in [0.3, 0.4) is 0 Å². The van der Waals surface area contributed by atoms with Crippen molar-refractivity contribution in [2.24, 2.45) is 0 Å². The Morgan fingerprint density at radius 1 is 1.22 bits per heavy atom. The molecule has 23 heavy (non-hydrogen) atoms. The molecule has 0 fully saturated rings. The summed E-state index contributed by atoms with van der Waals surface area (Å²) in [5, 5.41) is 17.7. The number of halogens is 2. The van der Waals surface area contributed by atoms with Gasteiger partial charge in [-0.05, 0) is 12.1 Å². The van der Waals surface area contributed by atoms with Gasteiger partial charge >= 0.3 is 7.32 Å². The Morgan fingerprint density at radius 3 is 2.57 bits per heavy atom. The smallest absolute Gasteiger partial charge is 0.512 e. The van der Waals surface area contributed by atoms with Gasteiger partial charge in [-0.3, -0.25) is 4.79 Å². The Bertz CT molecular complexity index is 900. The highest BCUT2D eigenvalue weighted by molar-refractivity contribution is 6.33. The van der Waals surface area contributed by atoms with Gasteiger partial charge in [0.25, 0.3) is 5.56 Å². The summed E-state index contributed by atoms with van der Waals surface area (Å²) in [5.41, 5.74) is 0.0177. The maximum absolute atomic E-state index is 14.1. The molecule has 1 aromatic carbocycles. The summed E-state index contributed by atoms with van der Waals surface area (Å²) in [7, 11) is -2.17. The third kappa shape index (κ3) is 2.96. The van der Waals surface area contributed by atoms with Crippen LogP contribution in [0.5, 0.6) is 5.75 Å². The molecule has 6 nitrogen and oxygen atoms in total. The molecule has 9 heteroatoms. The van der Waals surface area contributed by atoms with Gasteiger partial charge in [-0.1, -0.05) is 0 Å². The summed E-state index contributed by atoms with van der Waals surface area (Å²) >= 11 is 0. The van der Waals surface area contributed by atoms with E-state index in [0.29, 0.717) is 10.9 Å². The molecule has 3 N–H and O–H groups in total. The van der Waals surface area contributed by atoms with Crippen molar-refractivity contribution in [2.75, 3.05) is 0 Å². The van der Waals surface area contributed by atoms with Crippen LogP contribution in [0.4, 0.5) is 8.78 Å². The van der Waals surface area contributed by atoms with E-state index in [0.717, 1.165) is 12.1 Å². The Hall–Kier alpha value is -2.65. The van der Waals surface area contributed by atoms with Crippen LogP contribution in [0.25, 0.3) is 10.9 Å². The zero-order valence-corrected chi connectivity index (χ0v) is 11.7. The summed E-state index contributed by atoms with van der Waals surface area (Å²) in [6.07, 6.45) is 3.01. The Labute approximate surface area is 128 Å². The molecule has 3 aromatic rings. The molecular weight excluding hydrogens is 309 g/mol. The van der Waals surface area contributed by atoms with Gasteiger partial charge in [0.15, 0.2) is 0 Å². The number of benzene rings is 1. The average molecular weight is 320 g/mol. The number of hydrogen-bond acceptors (Lipinski definition) is 4. The first-order valence-electron chi connectivity index (χ1n) is 6.63. The third-order valence-electron chi connectivity index (χ3n) is 3.39. The standard InChI is InChI=1S/C14H11BF2N2O4/c16-11-5-8(23-15(21)22)6-12(17)10(11)7-19-4-2-9-13(19)1-3-18-14(9)20/h1-6,21-22H,7H2,(H,18,20). The third-order valence-corrected chi connectivity index (χ3v) is 3.39. The molecule has 0 saturated heterocycles. The predicted molar refractivity (Wildman–Crippen MR) is 78.8 cm³/mol. The number of H-pyrrole nitrogens is 1. The molecule has 0 bridgehead atoms. The summed E-state index contributed by atoms with van der Waals surface area (Å²) in [4.78, 5) is 14.2. The predicted octanol–water partition coefficient (Wildman–Crippen LogP) is 1.00. The zero-order chi connectivity index (χ0) is 16.6. The lowest BCUT2D eigenvalue weighted by molar-refractivity contribution is 0.287. The van der Waals surface area contributed by atoms with E-state index in [9.17, 15) is 13.6 Å². The number of aromatic amines is 1. The van der Waals surface area contributed by atoms with E-state index in [1.165, 1.54) is 10.8 Å². The molecule has 0 aliphatic heterocycles. The summed E-state index contributed by atoms with van der Waals surface area (Å²) < 4.78 is 34.1. The van der Waals surface area contributed by atoms with E-state index in [4.69, 9.17) is 10.0 Å². The fourth-order valence-electron chi connectivity index (χ4n) is 2.37. The number of hydrogen-bond donors (Lipinski definition) is 3. The minimum atomic E-state index is -2.17. The van der Waals surface area contributed by atoms with Gasteiger partial charge in [0.2, 0.25) is 0 Å². The van der Waals surface area contributed by atoms with Gasteiger partial charge in [0.05, 0.1) is 17.4 Å². The molecule has 0 unspecified atom stereocenters. The molecule has 2 aromatic heterocycles. The summed E-state index contributed by atoms with van der Waals surface area (Å²) in [6, 6.07) is 4.91. The fraction of sp³-hybridized carbons (Fsp3) is 0.0714. The molecule has 118 valence electrons. The Balaban J connectivity index is 1.99. The topological polar surface area (TPSA) is 87.5 Å². The lowest BCUT2D eigenvalue weighted by Gasteiger charge is -2.11. The van der Waals surface area contributed by atoms with Crippen LogP contribution in [-0.2, 0) is 6.54 Å². The number of nitrogens with one attached hydrogen (secondary N) is 1. The van der Waals surface area contributed by atoms with E-state index >= 15 is 0 Å². The van der Waals surface area contributed by atoms with E-state index < -0.39 is 19.0 Å². The SMILES string of the molecule is O=c1[nH]ccc2c1ccn2Cc1c(F)cc(OB(O)O)cc1F. The number of rotatable bonds is 4. The molecule has 0 saturated carbocycles. The normalized spacial score (nSPS) is 11.0. The molecule has 2 heterocycles. The van der Waals surface area contributed by atoms with Crippen LogP contribution in [0.1, 0.15) is 5.56 Å². The van der Waals surface area contributed by atoms with Crippen molar-refractivity contribution in [1.29, 1.82) is 0 Å². The van der Waals surface area contributed by atoms with E-state index in [2.05, 4.69) is 9.64 Å². The second kappa shape index (κ2) is 5.86. The fourth-order valence-corrected chi connectivity index (χ4v) is 2.37. The molecule has 0 aliphatic rings. The highest BCUT2D eigenvalue weighted by Crippen LogP contribution is 2.23. The lowest BCUT2D eigenvalue weighted by Crippen LogP contribution is -2.21. The second-order valence-corrected chi connectivity index (χ2v) is 4.86. The van der Waals surface area contributed by atoms with Crippen LogP contribution < -0.4 is 10.2 Å². The average Bonchev–Trinajstić information content (AvgIpc) is 2.87. The monoisotopic (exact) mass is 320 g/mol. The van der Waals surface area contributed by atoms with Crippen molar-refractivity contribution in [1.82, 2.24) is 9.55 Å². The quantitative estimate of drug-likeness (QED) is 0.626. The van der Waals surface area contributed by atoms with Gasteiger partial charge in [-0.15, -0.1) is 0 Å². The molecule has 3 rings (SSSR count). The molecule has 0 radical (unpaired) electrons. The second-order valence-electron chi connectivity index (χ2n) is 4.86. The van der Waals surface area contributed by atoms with Crippen LogP contribution >= 0.6 is 0 Å². The van der Waals surface area contributed by atoms with Crippen molar-refractivity contribution in [3.63, 3.8) is 0 Å². The highest BCUT2D eigenvalue weighted by atomic mass is 19.1. The first kappa shape index (κ1) is 15.3. The van der Waals surface area contributed by atoms with Crippen molar-refractivity contribution in [3.8, 4) is 5.75 Å². The minimum absolute atomic E-state index is 0.132. The van der Waals surface area contributed by atoms with Gasteiger partial charge in [-0.2, -0.15) is 0 Å². The van der Waals surface area contributed by atoms with Crippen LogP contribution in [0.2, 0.25) is 0 Å². The van der Waals surface area contributed by atoms with E-state index in [-0.39, 0.29) is 23.4 Å². The maximum Gasteiger partial charge on any atom is 0.707 e. The van der Waals surface area contributed by atoms with Crippen molar-refractivity contribution >= 4 is 18.2 Å². The van der Waals surface area contributed by atoms with Gasteiger partial charge in [0.1, 0.15) is 17.4 Å². The maximum atomic E-state index is 14.1. The van der Waals surface area contributed by atoms with Crippen molar-refractivity contribution < 1.29 is 23.5 Å². The number of fused-ring (bicyclic) bond motifs is 1. The van der Waals surface area contributed by atoms with Crippen LogP contribution in [0, 0.1) is 11.6 Å². The van der Waals surface area contributed by atoms with Crippen molar-refractivity contribution in [3.05, 3.63) is 64.2 Å². The summed E-state index contributed by atoms with van der Waals surface area (Å²) in [6.45, 7) is -0.132. The van der Waals surface area contributed by atoms with E-state index in [1.807, 2.05) is 0 Å². The van der Waals surface area contributed by atoms with Crippen LogP contribution in [-0.4, -0.2) is 26.9 Å². The van der Waals surface area contributed by atoms with E-state index in [1.54, 1.807) is 18.3 Å². The van der Waals surface area contributed by atoms with Gasteiger partial charge in [-0.25, -0.2) is 8.78 Å². The Kier molecular flexibility index (Phi) is 3.89. The number of aromatic nitrogens is 2. The first-order valence-corrected chi connectivity index (χ1v) is 6.63. The zero-order valence-electron chi connectivity index (χ0n) is 11.7. The van der Waals surface area contributed by atoms with Gasteiger partial charge < -0.3 is 24.3 Å². The number of nitrogens with zero attached hydrogens (tertiary/aromatic N) is 1.